The van der Waals surface area contributed by atoms with E-state index in [1.165, 1.54) is 6.20 Å². The standard InChI is InChI=1S/C25H31N3O3/c1-6-30-22-9-8-20(14-23(22)31-7-2)10-11-27-16-21(15-26)25(29)28-24-18(4)12-17(3)13-19(24)5/h8-9,12-14,16,27H,6-7,10-11H2,1-5H3,(H,28,29)/b21-16-. The Morgan fingerprint density at radius 2 is 1.68 bits per heavy atom. The molecule has 2 aromatic carbocycles. The molecular formula is C25H31N3O3. The quantitative estimate of drug-likeness (QED) is 0.333. The molecule has 0 saturated heterocycles. The normalized spacial score (nSPS) is 10.9. The monoisotopic (exact) mass is 421 g/mol. The molecule has 0 aliphatic heterocycles. The summed E-state index contributed by atoms with van der Waals surface area (Å²) < 4.78 is 11.2. The van der Waals surface area contributed by atoms with E-state index in [-0.39, 0.29) is 5.57 Å². The summed E-state index contributed by atoms with van der Waals surface area (Å²) >= 11 is 0. The summed E-state index contributed by atoms with van der Waals surface area (Å²) in [5, 5.41) is 15.3. The van der Waals surface area contributed by atoms with E-state index in [4.69, 9.17) is 9.47 Å². The van der Waals surface area contributed by atoms with Crippen LogP contribution in [-0.2, 0) is 11.2 Å². The molecule has 164 valence electrons. The minimum absolute atomic E-state index is 0.0288. The molecule has 0 spiro atoms. The number of ether oxygens (including phenoxy) is 2. The van der Waals surface area contributed by atoms with E-state index in [1.54, 1.807) is 0 Å². The predicted molar refractivity (Wildman–Crippen MR) is 123 cm³/mol. The van der Waals surface area contributed by atoms with Crippen LogP contribution in [0.4, 0.5) is 5.69 Å². The Balaban J connectivity index is 1.99. The first-order chi connectivity index (χ1) is 14.9. The van der Waals surface area contributed by atoms with Crippen molar-refractivity contribution in [3.8, 4) is 17.6 Å². The van der Waals surface area contributed by atoms with Crippen LogP contribution in [0.3, 0.4) is 0 Å². The highest BCUT2D eigenvalue weighted by molar-refractivity contribution is 6.07. The van der Waals surface area contributed by atoms with Crippen LogP contribution in [0.25, 0.3) is 0 Å². The van der Waals surface area contributed by atoms with Crippen LogP contribution in [0.2, 0.25) is 0 Å². The molecule has 0 atom stereocenters. The number of nitriles is 1. The average Bonchev–Trinajstić information content (AvgIpc) is 2.72. The molecular weight excluding hydrogens is 390 g/mol. The second-order valence-electron chi connectivity index (χ2n) is 7.25. The minimum atomic E-state index is -0.426. The van der Waals surface area contributed by atoms with Gasteiger partial charge in [0, 0.05) is 18.4 Å². The van der Waals surface area contributed by atoms with Gasteiger partial charge in [0.15, 0.2) is 11.5 Å². The summed E-state index contributed by atoms with van der Waals surface area (Å²) in [6.45, 7) is 11.5. The van der Waals surface area contributed by atoms with Gasteiger partial charge in [0.25, 0.3) is 5.91 Å². The fraction of sp³-hybridized carbons (Fsp3) is 0.360. The van der Waals surface area contributed by atoms with Crippen molar-refractivity contribution in [2.75, 3.05) is 25.1 Å². The van der Waals surface area contributed by atoms with Gasteiger partial charge in [0.05, 0.1) is 13.2 Å². The number of nitrogens with one attached hydrogen (secondary N) is 2. The van der Waals surface area contributed by atoms with Crippen LogP contribution in [0, 0.1) is 32.1 Å². The van der Waals surface area contributed by atoms with Crippen molar-refractivity contribution in [3.05, 3.63) is 64.4 Å². The molecule has 2 aromatic rings. The van der Waals surface area contributed by atoms with Gasteiger partial charge in [-0.15, -0.1) is 0 Å². The van der Waals surface area contributed by atoms with E-state index in [9.17, 15) is 10.1 Å². The first-order valence-electron chi connectivity index (χ1n) is 10.5. The van der Waals surface area contributed by atoms with Crippen LogP contribution >= 0.6 is 0 Å². The fourth-order valence-electron chi connectivity index (χ4n) is 3.35. The van der Waals surface area contributed by atoms with Gasteiger partial charge in [0.2, 0.25) is 0 Å². The van der Waals surface area contributed by atoms with Gasteiger partial charge in [0.1, 0.15) is 11.6 Å². The Bertz CT molecular complexity index is 967. The van der Waals surface area contributed by atoms with Gasteiger partial charge < -0.3 is 20.1 Å². The van der Waals surface area contributed by atoms with E-state index in [0.29, 0.717) is 26.2 Å². The fourth-order valence-corrected chi connectivity index (χ4v) is 3.35. The number of rotatable bonds is 10. The number of carbonyl (C=O) groups is 1. The number of hydrogen-bond acceptors (Lipinski definition) is 5. The Kier molecular flexibility index (Phi) is 8.95. The third-order valence-electron chi connectivity index (χ3n) is 4.69. The van der Waals surface area contributed by atoms with Gasteiger partial charge in [-0.2, -0.15) is 5.26 Å². The number of anilines is 1. The predicted octanol–water partition coefficient (Wildman–Crippen LogP) is 4.59. The lowest BCUT2D eigenvalue weighted by Gasteiger charge is -2.13. The highest BCUT2D eigenvalue weighted by atomic mass is 16.5. The van der Waals surface area contributed by atoms with Gasteiger partial charge in [-0.3, -0.25) is 4.79 Å². The van der Waals surface area contributed by atoms with Gasteiger partial charge >= 0.3 is 0 Å². The number of carbonyl (C=O) groups excluding carboxylic acids is 1. The van der Waals surface area contributed by atoms with E-state index in [0.717, 1.165) is 39.4 Å². The first kappa shape index (κ1) is 23.8. The highest BCUT2D eigenvalue weighted by Crippen LogP contribution is 2.28. The molecule has 0 unspecified atom stereocenters. The molecule has 0 aliphatic carbocycles. The molecule has 2 rings (SSSR count). The lowest BCUT2D eigenvalue weighted by Crippen LogP contribution is -2.19. The average molecular weight is 422 g/mol. The number of hydrogen-bond donors (Lipinski definition) is 2. The molecule has 0 radical (unpaired) electrons. The van der Waals surface area contributed by atoms with Crippen molar-refractivity contribution >= 4 is 11.6 Å². The molecule has 1 amide bonds. The van der Waals surface area contributed by atoms with Gasteiger partial charge in [-0.1, -0.05) is 23.8 Å². The van der Waals surface area contributed by atoms with Gasteiger partial charge in [-0.05, 0) is 69.9 Å². The summed E-state index contributed by atoms with van der Waals surface area (Å²) in [5.41, 5.74) is 4.92. The van der Waals surface area contributed by atoms with E-state index < -0.39 is 5.91 Å². The Morgan fingerprint density at radius 3 is 2.29 bits per heavy atom. The van der Waals surface area contributed by atoms with Crippen molar-refractivity contribution in [3.63, 3.8) is 0 Å². The summed E-state index contributed by atoms with van der Waals surface area (Å²) in [7, 11) is 0. The molecule has 0 bridgehead atoms. The summed E-state index contributed by atoms with van der Waals surface area (Å²) in [5.74, 6) is 1.02. The maximum absolute atomic E-state index is 12.5. The van der Waals surface area contributed by atoms with Crippen molar-refractivity contribution in [2.45, 2.75) is 41.0 Å². The minimum Gasteiger partial charge on any atom is -0.490 e. The van der Waals surface area contributed by atoms with Crippen LogP contribution in [0.1, 0.15) is 36.1 Å². The molecule has 0 aromatic heterocycles. The number of aryl methyl sites for hydroxylation is 3. The van der Waals surface area contributed by atoms with Crippen molar-refractivity contribution in [2.24, 2.45) is 0 Å². The summed E-state index contributed by atoms with van der Waals surface area (Å²) in [6, 6.07) is 11.8. The third kappa shape index (κ3) is 6.78. The number of benzene rings is 2. The molecule has 6 heteroatoms. The SMILES string of the molecule is CCOc1ccc(CCN/C=C(/C#N)C(=O)Nc2c(C)cc(C)cc2C)cc1OCC. The first-order valence-corrected chi connectivity index (χ1v) is 10.5. The van der Waals surface area contributed by atoms with E-state index in [1.807, 2.05) is 71.0 Å². The van der Waals surface area contributed by atoms with Crippen molar-refractivity contribution in [1.29, 1.82) is 5.26 Å². The maximum Gasteiger partial charge on any atom is 0.267 e. The smallest absolute Gasteiger partial charge is 0.267 e. The molecule has 0 fully saturated rings. The van der Waals surface area contributed by atoms with E-state index in [2.05, 4.69) is 10.6 Å². The molecule has 0 saturated carbocycles. The molecule has 6 nitrogen and oxygen atoms in total. The Morgan fingerprint density at radius 1 is 1.03 bits per heavy atom. The van der Waals surface area contributed by atoms with Crippen LogP contribution < -0.4 is 20.1 Å². The molecule has 31 heavy (non-hydrogen) atoms. The van der Waals surface area contributed by atoms with Crippen molar-refractivity contribution < 1.29 is 14.3 Å². The Hall–Kier alpha value is -3.46. The van der Waals surface area contributed by atoms with Crippen LogP contribution in [-0.4, -0.2) is 25.7 Å². The molecule has 0 aliphatic rings. The molecule has 0 heterocycles. The zero-order chi connectivity index (χ0) is 22.8. The zero-order valence-corrected chi connectivity index (χ0v) is 19.0. The number of amides is 1. The number of nitrogens with zero attached hydrogens (tertiary/aromatic N) is 1. The topological polar surface area (TPSA) is 83.4 Å². The summed E-state index contributed by atoms with van der Waals surface area (Å²) in [6.07, 6.45) is 2.17. The third-order valence-corrected chi connectivity index (χ3v) is 4.69. The highest BCUT2D eigenvalue weighted by Gasteiger charge is 2.13. The van der Waals surface area contributed by atoms with Crippen LogP contribution in [0.5, 0.6) is 11.5 Å². The molecule has 2 N–H and O–H groups in total. The maximum atomic E-state index is 12.5. The largest absolute Gasteiger partial charge is 0.490 e. The van der Waals surface area contributed by atoms with Crippen LogP contribution in [0.15, 0.2) is 42.1 Å². The van der Waals surface area contributed by atoms with Gasteiger partial charge in [-0.25, -0.2) is 0 Å². The van der Waals surface area contributed by atoms with Crippen molar-refractivity contribution in [1.82, 2.24) is 5.32 Å². The lowest BCUT2D eigenvalue weighted by molar-refractivity contribution is -0.112. The second-order valence-corrected chi connectivity index (χ2v) is 7.25. The summed E-state index contributed by atoms with van der Waals surface area (Å²) in [4.78, 5) is 12.5. The van der Waals surface area contributed by atoms with E-state index >= 15 is 0 Å². The zero-order valence-electron chi connectivity index (χ0n) is 19.0. The Labute approximate surface area is 184 Å². The second kappa shape index (κ2) is 11.7. The lowest BCUT2D eigenvalue weighted by atomic mass is 10.0.